The fourth-order valence-corrected chi connectivity index (χ4v) is 7.37. The summed E-state index contributed by atoms with van der Waals surface area (Å²) in [5, 5.41) is 12.9. The second-order valence-corrected chi connectivity index (χ2v) is 13.8. The van der Waals surface area contributed by atoms with E-state index in [0.717, 1.165) is 46.7 Å². The number of anilines is 5. The van der Waals surface area contributed by atoms with E-state index >= 15 is 0 Å². The predicted octanol–water partition coefficient (Wildman–Crippen LogP) is 7.82. The minimum Gasteiger partial charge on any atom is -0.378 e. The Kier molecular flexibility index (Phi) is 10.9. The first-order chi connectivity index (χ1) is 25.1. The van der Waals surface area contributed by atoms with Gasteiger partial charge in [0.05, 0.1) is 12.1 Å². The molecule has 0 radical (unpaired) electrons. The number of rotatable bonds is 10. The summed E-state index contributed by atoms with van der Waals surface area (Å²) in [6, 6.07) is 30.1. The fraction of sp³-hybridized carbons (Fsp3) is 0.333. The van der Waals surface area contributed by atoms with E-state index in [2.05, 4.69) is 47.2 Å². The van der Waals surface area contributed by atoms with Crippen LogP contribution < -0.4 is 31.1 Å². The van der Waals surface area contributed by atoms with Crippen LogP contribution in [0.4, 0.5) is 28.4 Å². The number of amides is 4. The van der Waals surface area contributed by atoms with Crippen molar-refractivity contribution in [3.05, 3.63) is 114 Å². The molecule has 0 aromatic heterocycles. The highest BCUT2D eigenvalue weighted by molar-refractivity contribution is 6.01. The van der Waals surface area contributed by atoms with E-state index < -0.39 is 6.04 Å². The Hall–Kier alpha value is -5.64. The summed E-state index contributed by atoms with van der Waals surface area (Å²) in [4.78, 5) is 55.3. The molecule has 2 heterocycles. The van der Waals surface area contributed by atoms with E-state index in [1.165, 1.54) is 0 Å². The first-order valence-corrected chi connectivity index (χ1v) is 18.2. The molecule has 0 unspecified atom stereocenters. The van der Waals surface area contributed by atoms with E-state index in [-0.39, 0.29) is 47.8 Å². The van der Waals surface area contributed by atoms with Gasteiger partial charge in [0, 0.05) is 58.9 Å². The summed E-state index contributed by atoms with van der Waals surface area (Å²) in [5.41, 5.74) is 6.84. The molecule has 52 heavy (non-hydrogen) atoms. The highest BCUT2D eigenvalue weighted by Gasteiger charge is 2.34. The molecule has 0 saturated heterocycles. The smallest absolute Gasteiger partial charge is 0.251 e. The van der Waals surface area contributed by atoms with Crippen LogP contribution in [-0.4, -0.2) is 41.8 Å². The van der Waals surface area contributed by atoms with Crippen LogP contribution >= 0.6 is 0 Å². The van der Waals surface area contributed by atoms with Crippen LogP contribution in [0, 0.1) is 0 Å². The molecule has 0 spiro atoms. The molecule has 270 valence electrons. The third-order valence-corrected chi connectivity index (χ3v) is 10.0. The van der Waals surface area contributed by atoms with Crippen molar-refractivity contribution in [1.29, 1.82) is 0 Å². The third kappa shape index (κ3) is 7.66. The number of hydrogen-bond acceptors (Lipinski definition) is 6. The van der Waals surface area contributed by atoms with Gasteiger partial charge in [-0.25, -0.2) is 0 Å². The van der Waals surface area contributed by atoms with Gasteiger partial charge in [0.1, 0.15) is 6.04 Å². The molecular weight excluding hydrogens is 652 g/mol. The Morgan fingerprint density at radius 1 is 0.635 bits per heavy atom. The van der Waals surface area contributed by atoms with Gasteiger partial charge in [-0.1, -0.05) is 50.2 Å². The molecule has 10 nitrogen and oxygen atoms in total. The van der Waals surface area contributed by atoms with Crippen molar-refractivity contribution in [1.82, 2.24) is 5.32 Å². The van der Waals surface area contributed by atoms with E-state index in [1.54, 1.807) is 19.1 Å². The summed E-state index contributed by atoms with van der Waals surface area (Å²) in [6.07, 6.45) is 2.43. The Morgan fingerprint density at radius 3 is 1.52 bits per heavy atom. The molecule has 0 fully saturated rings. The molecule has 0 aliphatic carbocycles. The maximum atomic E-state index is 13.1. The van der Waals surface area contributed by atoms with Gasteiger partial charge in [-0.2, -0.15) is 0 Å². The zero-order chi connectivity index (χ0) is 36.9. The lowest BCUT2D eigenvalue weighted by molar-refractivity contribution is -0.119. The van der Waals surface area contributed by atoms with Gasteiger partial charge in [-0.3, -0.25) is 19.2 Å². The fourth-order valence-electron chi connectivity index (χ4n) is 7.37. The third-order valence-electron chi connectivity index (χ3n) is 10.0. The molecule has 0 bridgehead atoms. The van der Waals surface area contributed by atoms with Gasteiger partial charge >= 0.3 is 0 Å². The molecule has 4 amide bonds. The number of carbonyl (C=O) groups excluding carboxylic acids is 4. The van der Waals surface area contributed by atoms with Crippen LogP contribution in [0.2, 0.25) is 0 Å². The quantitative estimate of drug-likeness (QED) is 0.134. The molecule has 0 saturated carbocycles. The van der Waals surface area contributed by atoms with E-state index in [4.69, 9.17) is 0 Å². The summed E-state index contributed by atoms with van der Waals surface area (Å²) < 4.78 is 0. The van der Waals surface area contributed by atoms with Crippen molar-refractivity contribution in [3.63, 3.8) is 0 Å². The van der Waals surface area contributed by atoms with Gasteiger partial charge in [0.2, 0.25) is 17.7 Å². The molecule has 4 aromatic carbocycles. The molecule has 6 rings (SSSR count). The molecular formula is C42H48N6O4. The average molecular weight is 701 g/mol. The Labute approximate surface area is 306 Å². The molecule has 4 N–H and O–H groups in total. The monoisotopic (exact) mass is 700 g/mol. The Morgan fingerprint density at radius 2 is 1.06 bits per heavy atom. The zero-order valence-electron chi connectivity index (χ0n) is 30.5. The Bertz CT molecular complexity index is 1930. The number of hydrogen-bond donors (Lipinski definition) is 4. The lowest BCUT2D eigenvalue weighted by atomic mass is 9.91. The number of nitrogens with one attached hydrogen (secondary N) is 4. The highest BCUT2D eigenvalue weighted by Crippen LogP contribution is 2.40. The topological polar surface area (TPSA) is 123 Å². The first-order valence-electron chi connectivity index (χ1n) is 18.2. The molecule has 10 heteroatoms. The zero-order valence-corrected chi connectivity index (χ0v) is 30.5. The van der Waals surface area contributed by atoms with Gasteiger partial charge in [0.15, 0.2) is 0 Å². The lowest BCUT2D eigenvalue weighted by Gasteiger charge is -2.40. The van der Waals surface area contributed by atoms with Gasteiger partial charge in [-0.05, 0) is 105 Å². The second-order valence-electron chi connectivity index (χ2n) is 13.8. The van der Waals surface area contributed by atoms with Crippen LogP contribution in [0.3, 0.4) is 0 Å². The summed E-state index contributed by atoms with van der Waals surface area (Å²) >= 11 is 0. The number of benzene rings is 4. The van der Waals surface area contributed by atoms with Crippen molar-refractivity contribution >= 4 is 52.1 Å². The summed E-state index contributed by atoms with van der Waals surface area (Å²) in [7, 11) is 0. The van der Waals surface area contributed by atoms with Crippen LogP contribution in [0.15, 0.2) is 97.1 Å². The molecule has 5 atom stereocenters. The number of carbonyl (C=O) groups is 4. The van der Waals surface area contributed by atoms with Crippen molar-refractivity contribution in [2.45, 2.75) is 90.5 Å². The van der Waals surface area contributed by atoms with E-state index in [9.17, 15) is 19.2 Å². The van der Waals surface area contributed by atoms with Crippen LogP contribution in [0.1, 0.15) is 93.9 Å². The minimum absolute atomic E-state index is 0.0106. The summed E-state index contributed by atoms with van der Waals surface area (Å²) in [5.74, 6) is -0.451. The van der Waals surface area contributed by atoms with Gasteiger partial charge in [-0.15, -0.1) is 0 Å². The van der Waals surface area contributed by atoms with Gasteiger partial charge < -0.3 is 31.1 Å². The molecule has 2 aliphatic heterocycles. The van der Waals surface area contributed by atoms with Crippen LogP contribution in [0.5, 0.6) is 0 Å². The average Bonchev–Trinajstić information content (AvgIpc) is 3.15. The number of fused-ring (bicyclic) bond motifs is 2. The first kappa shape index (κ1) is 36.2. The molecule has 2 aliphatic rings. The van der Waals surface area contributed by atoms with Crippen molar-refractivity contribution < 1.29 is 19.2 Å². The van der Waals surface area contributed by atoms with E-state index in [0.29, 0.717) is 24.1 Å². The second kappa shape index (κ2) is 15.7. The SMILES string of the molecule is CCC(=O)N1c2ccccc2[C@H](Nc2ccc(NC(=O)[C@H](C)NC(=O)c3ccc(N[C@@H]4C[C@@H](C)N(C(=O)CC)c5ccccc54)cc3)cc2)C[C@H]1C. The van der Waals surface area contributed by atoms with E-state index in [1.807, 2.05) is 96.4 Å². The molecule has 4 aromatic rings. The number of nitrogens with zero attached hydrogens (tertiary/aromatic N) is 2. The van der Waals surface area contributed by atoms with Gasteiger partial charge in [0.25, 0.3) is 5.91 Å². The Balaban J connectivity index is 1.03. The summed E-state index contributed by atoms with van der Waals surface area (Å²) in [6.45, 7) is 9.57. The standard InChI is InChI=1S/C42H48N6O4/c1-6-39(49)47-26(3)24-35(33-12-8-10-14-37(33)47)44-30-18-16-29(17-19-30)42(52)43-28(5)41(51)46-32-22-20-31(21-23-32)45-36-25-27(4)48(40(50)7-2)38-15-11-9-13-34(36)38/h8-23,26-28,35-36,44-45H,6-7,24-25H2,1-5H3,(H,43,52)(H,46,51)/t26-,27-,28+,35-,36-/m1/s1. The maximum Gasteiger partial charge on any atom is 0.251 e. The highest BCUT2D eigenvalue weighted by atomic mass is 16.2. The number of para-hydroxylation sites is 2. The lowest BCUT2D eigenvalue weighted by Crippen LogP contribution is -2.44. The maximum absolute atomic E-state index is 13.1. The van der Waals surface area contributed by atoms with Crippen LogP contribution in [0.25, 0.3) is 0 Å². The van der Waals surface area contributed by atoms with Crippen molar-refractivity contribution in [2.24, 2.45) is 0 Å². The van der Waals surface area contributed by atoms with Crippen LogP contribution in [-0.2, 0) is 14.4 Å². The largest absolute Gasteiger partial charge is 0.378 e. The van der Waals surface area contributed by atoms with Crippen molar-refractivity contribution in [3.8, 4) is 0 Å². The minimum atomic E-state index is -0.772. The predicted molar refractivity (Wildman–Crippen MR) is 208 cm³/mol. The van der Waals surface area contributed by atoms with Crippen molar-refractivity contribution in [2.75, 3.05) is 25.8 Å². The normalized spacial score (nSPS) is 19.8.